The fourth-order valence-electron chi connectivity index (χ4n) is 3.39. The van der Waals surface area contributed by atoms with Crippen molar-refractivity contribution < 1.29 is 18.6 Å². The van der Waals surface area contributed by atoms with Crippen molar-refractivity contribution >= 4 is 25.8 Å². The first-order valence-electron chi connectivity index (χ1n) is 10.4. The van der Waals surface area contributed by atoms with Crippen LogP contribution in [0.15, 0.2) is 29.7 Å². The molecule has 0 radical (unpaired) electrons. The highest BCUT2D eigenvalue weighted by Gasteiger charge is 2.53. The van der Waals surface area contributed by atoms with E-state index in [2.05, 4.69) is 78.9 Å². The number of likely N-dealkylation sites (N-methyl/N-ethyl adjacent to an activating group) is 1. The van der Waals surface area contributed by atoms with Crippen molar-refractivity contribution in [3.63, 3.8) is 0 Å². The molecule has 0 unspecified atom stereocenters. The quantitative estimate of drug-likeness (QED) is 0.771. The molecule has 5 nitrogen and oxygen atoms in total. The Kier molecular flexibility index (Phi) is 5.87. The third kappa shape index (κ3) is 4.35. The number of hydrogen-bond donors (Lipinski definition) is 1. The van der Waals surface area contributed by atoms with Crippen LogP contribution in [0.4, 0.5) is 0 Å². The summed E-state index contributed by atoms with van der Waals surface area (Å²) in [5.41, 5.74) is 1.68. The average molecular weight is 399 g/mol. The molecule has 0 amide bonds. The fraction of sp³-hybridized carbons (Fsp3) is 0.636. The summed E-state index contributed by atoms with van der Waals surface area (Å²) in [6, 6.07) is 8.28. The smallest absolute Gasteiger partial charge is 0.400 e. The van der Waals surface area contributed by atoms with E-state index in [0.717, 1.165) is 16.5 Å². The minimum atomic E-state index is -0.382. The van der Waals surface area contributed by atoms with Gasteiger partial charge in [-0.05, 0) is 78.9 Å². The number of hydrogen-bond acceptors (Lipinski definition) is 5. The molecule has 1 aromatic rings. The average Bonchev–Trinajstić information content (AvgIpc) is 2.94. The van der Waals surface area contributed by atoms with Crippen molar-refractivity contribution in [2.45, 2.75) is 77.8 Å². The van der Waals surface area contributed by atoms with E-state index in [-0.39, 0.29) is 36.6 Å². The van der Waals surface area contributed by atoms with Gasteiger partial charge in [0.1, 0.15) is 0 Å². The van der Waals surface area contributed by atoms with E-state index in [9.17, 15) is 0 Å². The highest BCUT2D eigenvalue weighted by Crippen LogP contribution is 2.39. The van der Waals surface area contributed by atoms with Gasteiger partial charge < -0.3 is 23.9 Å². The highest BCUT2D eigenvalue weighted by molar-refractivity contribution is 6.62. The summed E-state index contributed by atoms with van der Waals surface area (Å²) in [6.45, 7) is 17.2. The lowest BCUT2D eigenvalue weighted by Gasteiger charge is -2.32. The Hall–Kier alpha value is -1.11. The van der Waals surface area contributed by atoms with Crippen molar-refractivity contribution in [3.8, 4) is 0 Å². The minimum Gasteiger partial charge on any atom is -0.400 e. The lowest BCUT2D eigenvalue weighted by molar-refractivity contribution is 0.00578. The molecule has 0 spiro atoms. The maximum Gasteiger partial charge on any atom is 0.494 e. The molecule has 1 aromatic carbocycles. The van der Waals surface area contributed by atoms with Crippen LogP contribution in [0.25, 0.3) is 6.08 Å². The highest BCUT2D eigenvalue weighted by atomic mass is 16.7. The number of benzene rings is 1. The van der Waals surface area contributed by atoms with Crippen molar-refractivity contribution in [2.24, 2.45) is 0 Å². The zero-order valence-corrected chi connectivity index (χ0v) is 19.4. The van der Waals surface area contributed by atoms with Gasteiger partial charge in [0, 0.05) is 6.54 Å². The van der Waals surface area contributed by atoms with Crippen LogP contribution in [0, 0.1) is 0 Å². The first kappa shape index (κ1) is 22.6. The topological polar surface area (TPSA) is 49.0 Å². The molecule has 0 saturated carbocycles. The van der Waals surface area contributed by atoms with Crippen LogP contribution in [-0.2, 0) is 18.6 Å². The van der Waals surface area contributed by atoms with Crippen LogP contribution in [0.3, 0.4) is 0 Å². The molecule has 7 heteroatoms. The molecule has 2 fully saturated rings. The van der Waals surface area contributed by atoms with Crippen LogP contribution in [0.2, 0.25) is 0 Å². The van der Waals surface area contributed by atoms with Gasteiger partial charge in [0.05, 0.1) is 22.4 Å². The summed E-state index contributed by atoms with van der Waals surface area (Å²) in [4.78, 5) is 0. The van der Waals surface area contributed by atoms with Gasteiger partial charge in [0.15, 0.2) is 0 Å². The Morgan fingerprint density at radius 2 is 1.38 bits per heavy atom. The van der Waals surface area contributed by atoms with Crippen molar-refractivity contribution in [2.75, 3.05) is 13.6 Å². The minimum absolute atomic E-state index is 0.358. The molecule has 29 heavy (non-hydrogen) atoms. The van der Waals surface area contributed by atoms with Crippen molar-refractivity contribution in [3.05, 3.63) is 35.3 Å². The Balaban J connectivity index is 1.86. The molecule has 2 aliphatic rings. The summed E-state index contributed by atoms with van der Waals surface area (Å²) in [5, 5.41) is 3.23. The first-order valence-corrected chi connectivity index (χ1v) is 10.4. The predicted molar refractivity (Wildman–Crippen MR) is 120 cm³/mol. The van der Waals surface area contributed by atoms with Crippen molar-refractivity contribution in [1.29, 1.82) is 0 Å². The molecule has 0 aliphatic carbocycles. The second-order valence-electron chi connectivity index (χ2n) is 10.1. The third-order valence-corrected chi connectivity index (χ3v) is 6.73. The Morgan fingerprint density at radius 1 is 0.862 bits per heavy atom. The summed E-state index contributed by atoms with van der Waals surface area (Å²) >= 11 is 0. The molecule has 3 rings (SSSR count). The van der Waals surface area contributed by atoms with Gasteiger partial charge in [0.25, 0.3) is 0 Å². The molecular formula is C22H35B2NO4. The van der Waals surface area contributed by atoms with Crippen LogP contribution < -0.4 is 10.8 Å². The second kappa shape index (κ2) is 7.54. The van der Waals surface area contributed by atoms with E-state index in [4.69, 9.17) is 18.6 Å². The molecule has 1 N–H and O–H groups in total. The molecule has 0 atom stereocenters. The Labute approximate surface area is 176 Å². The van der Waals surface area contributed by atoms with Crippen LogP contribution in [0.1, 0.15) is 61.0 Å². The van der Waals surface area contributed by atoms with Gasteiger partial charge in [-0.1, -0.05) is 30.3 Å². The monoisotopic (exact) mass is 399 g/mol. The molecule has 2 heterocycles. The maximum atomic E-state index is 6.26. The largest absolute Gasteiger partial charge is 0.494 e. The lowest BCUT2D eigenvalue weighted by Crippen LogP contribution is -2.41. The van der Waals surface area contributed by atoms with E-state index < -0.39 is 0 Å². The summed E-state index contributed by atoms with van der Waals surface area (Å²) in [5.74, 6) is 0. The molecule has 158 valence electrons. The van der Waals surface area contributed by atoms with Crippen LogP contribution in [0.5, 0.6) is 0 Å². The normalized spacial score (nSPS) is 24.9. The third-order valence-electron chi connectivity index (χ3n) is 6.73. The van der Waals surface area contributed by atoms with Crippen LogP contribution in [-0.4, -0.2) is 50.2 Å². The summed E-state index contributed by atoms with van der Waals surface area (Å²) in [6.07, 6.45) is 2.13. The van der Waals surface area contributed by atoms with Gasteiger partial charge in [-0.15, -0.1) is 0 Å². The number of nitrogens with one attached hydrogen (secondary N) is 1. The van der Waals surface area contributed by atoms with Gasteiger partial charge in [-0.2, -0.15) is 0 Å². The van der Waals surface area contributed by atoms with E-state index >= 15 is 0 Å². The van der Waals surface area contributed by atoms with Crippen molar-refractivity contribution in [1.82, 2.24) is 5.32 Å². The molecule has 2 saturated heterocycles. The molecule has 2 aliphatic heterocycles. The van der Waals surface area contributed by atoms with Gasteiger partial charge in [-0.3, -0.25) is 0 Å². The second-order valence-corrected chi connectivity index (χ2v) is 10.1. The van der Waals surface area contributed by atoms with E-state index in [1.54, 1.807) is 0 Å². The summed E-state index contributed by atoms with van der Waals surface area (Å²) < 4.78 is 24.9. The standard InChI is InChI=1S/C22H35B2NO4/c1-19(2)20(3,4)27-23(26-19)17-12-10-11-16(13-17)14-18(15-25-9)24-28-21(5,6)22(7,8)29-24/h10-14,25H,15H2,1-9H3. The van der Waals surface area contributed by atoms with Crippen LogP contribution >= 0.6 is 0 Å². The van der Waals surface area contributed by atoms with Gasteiger partial charge in [-0.25, -0.2) is 0 Å². The fourth-order valence-corrected chi connectivity index (χ4v) is 3.39. The maximum absolute atomic E-state index is 6.26. The molecule has 0 aromatic heterocycles. The SMILES string of the molecule is CNCC(=Cc1cccc(B2OC(C)(C)C(C)(C)O2)c1)B1OC(C)(C)C(C)(C)O1. The summed E-state index contributed by atoms with van der Waals surface area (Å²) in [7, 11) is 1.17. The number of rotatable bonds is 5. The molecule has 0 bridgehead atoms. The predicted octanol–water partition coefficient (Wildman–Crippen LogP) is 3.22. The zero-order valence-electron chi connectivity index (χ0n) is 19.4. The zero-order chi connectivity index (χ0) is 21.7. The van der Waals surface area contributed by atoms with Gasteiger partial charge >= 0.3 is 14.2 Å². The van der Waals surface area contributed by atoms with E-state index in [0.29, 0.717) is 6.54 Å². The van der Waals surface area contributed by atoms with E-state index in [1.165, 1.54) is 0 Å². The Bertz CT molecular complexity index is 757. The first-order chi connectivity index (χ1) is 13.3. The van der Waals surface area contributed by atoms with Gasteiger partial charge in [0.2, 0.25) is 0 Å². The Morgan fingerprint density at radius 3 is 1.90 bits per heavy atom. The lowest BCUT2D eigenvalue weighted by atomic mass is 9.75. The van der Waals surface area contributed by atoms with E-state index in [1.807, 2.05) is 19.2 Å². The molecular weight excluding hydrogens is 364 g/mol.